The molecule has 0 unspecified atom stereocenters. The van der Waals surface area contributed by atoms with Crippen LogP contribution in [0.4, 0.5) is 0 Å². The van der Waals surface area contributed by atoms with Gasteiger partial charge < -0.3 is 9.47 Å². The van der Waals surface area contributed by atoms with Crippen LogP contribution in [0.2, 0.25) is 0 Å². The SMILES string of the molecule is COc1ccc(CN2CCC(C)CC2)c(OC)c1. The predicted molar refractivity (Wildman–Crippen MR) is 73.2 cm³/mol. The van der Waals surface area contributed by atoms with Crippen LogP contribution in [0.1, 0.15) is 25.3 Å². The van der Waals surface area contributed by atoms with E-state index in [0.29, 0.717) is 0 Å². The molecular formula is C15H23NO2. The Morgan fingerprint density at radius 1 is 1.17 bits per heavy atom. The summed E-state index contributed by atoms with van der Waals surface area (Å²) in [6, 6.07) is 6.07. The summed E-state index contributed by atoms with van der Waals surface area (Å²) in [5.41, 5.74) is 1.24. The molecule has 1 aromatic carbocycles. The van der Waals surface area contributed by atoms with E-state index in [4.69, 9.17) is 9.47 Å². The fourth-order valence-corrected chi connectivity index (χ4v) is 2.44. The first-order chi connectivity index (χ1) is 8.72. The Balaban J connectivity index is 2.04. The summed E-state index contributed by atoms with van der Waals surface area (Å²) in [5, 5.41) is 0. The van der Waals surface area contributed by atoms with Gasteiger partial charge in [-0.25, -0.2) is 0 Å². The molecule has 0 aliphatic carbocycles. The first-order valence-corrected chi connectivity index (χ1v) is 6.66. The van der Waals surface area contributed by atoms with Crippen molar-refractivity contribution in [1.29, 1.82) is 0 Å². The molecule has 2 rings (SSSR count). The highest BCUT2D eigenvalue weighted by atomic mass is 16.5. The van der Waals surface area contributed by atoms with Crippen molar-refractivity contribution in [3.05, 3.63) is 23.8 Å². The number of methoxy groups -OCH3 is 2. The molecule has 0 bridgehead atoms. The normalized spacial score (nSPS) is 17.7. The predicted octanol–water partition coefficient (Wildman–Crippen LogP) is 2.94. The summed E-state index contributed by atoms with van der Waals surface area (Å²) < 4.78 is 10.7. The van der Waals surface area contributed by atoms with Crippen LogP contribution in [0.25, 0.3) is 0 Å². The minimum Gasteiger partial charge on any atom is -0.497 e. The Kier molecular flexibility index (Phi) is 4.48. The quantitative estimate of drug-likeness (QED) is 0.819. The zero-order chi connectivity index (χ0) is 13.0. The van der Waals surface area contributed by atoms with E-state index in [9.17, 15) is 0 Å². The summed E-state index contributed by atoms with van der Waals surface area (Å²) >= 11 is 0. The Morgan fingerprint density at radius 2 is 1.89 bits per heavy atom. The lowest BCUT2D eigenvalue weighted by molar-refractivity contribution is 0.183. The van der Waals surface area contributed by atoms with Crippen LogP contribution in [-0.4, -0.2) is 32.2 Å². The molecule has 3 nitrogen and oxygen atoms in total. The molecule has 0 aromatic heterocycles. The highest BCUT2D eigenvalue weighted by Gasteiger charge is 2.17. The van der Waals surface area contributed by atoms with E-state index in [1.165, 1.54) is 31.5 Å². The second kappa shape index (κ2) is 6.10. The number of nitrogens with zero attached hydrogens (tertiary/aromatic N) is 1. The number of ether oxygens (including phenoxy) is 2. The molecule has 0 saturated carbocycles. The first kappa shape index (κ1) is 13.2. The van der Waals surface area contributed by atoms with Crippen LogP contribution in [0.3, 0.4) is 0 Å². The van der Waals surface area contributed by atoms with Crippen LogP contribution < -0.4 is 9.47 Å². The van der Waals surface area contributed by atoms with Crippen LogP contribution >= 0.6 is 0 Å². The van der Waals surface area contributed by atoms with E-state index in [2.05, 4.69) is 17.9 Å². The van der Waals surface area contributed by atoms with Crippen LogP contribution in [0, 0.1) is 5.92 Å². The van der Waals surface area contributed by atoms with Gasteiger partial charge >= 0.3 is 0 Å². The third-order valence-corrected chi connectivity index (χ3v) is 3.76. The van der Waals surface area contributed by atoms with Crippen molar-refractivity contribution in [1.82, 2.24) is 4.90 Å². The van der Waals surface area contributed by atoms with Gasteiger partial charge in [-0.3, -0.25) is 4.90 Å². The minimum atomic E-state index is 0.850. The molecule has 3 heteroatoms. The highest BCUT2D eigenvalue weighted by Crippen LogP contribution is 2.27. The number of piperidine rings is 1. The van der Waals surface area contributed by atoms with Gasteiger partial charge in [-0.15, -0.1) is 0 Å². The van der Waals surface area contributed by atoms with E-state index < -0.39 is 0 Å². The average molecular weight is 249 g/mol. The minimum absolute atomic E-state index is 0.850. The zero-order valence-electron chi connectivity index (χ0n) is 11.6. The van der Waals surface area contributed by atoms with E-state index in [1.807, 2.05) is 12.1 Å². The average Bonchev–Trinajstić information content (AvgIpc) is 2.41. The molecule has 1 aliphatic heterocycles. The fraction of sp³-hybridized carbons (Fsp3) is 0.600. The molecule has 1 aliphatic rings. The molecule has 0 atom stereocenters. The Hall–Kier alpha value is -1.22. The molecule has 100 valence electrons. The molecule has 0 amide bonds. The summed E-state index contributed by atoms with van der Waals surface area (Å²) in [4.78, 5) is 2.50. The molecular weight excluding hydrogens is 226 g/mol. The number of likely N-dealkylation sites (tertiary alicyclic amines) is 1. The topological polar surface area (TPSA) is 21.7 Å². The smallest absolute Gasteiger partial charge is 0.127 e. The second-order valence-electron chi connectivity index (χ2n) is 5.14. The van der Waals surface area contributed by atoms with Crippen molar-refractivity contribution in [3.8, 4) is 11.5 Å². The number of hydrogen-bond acceptors (Lipinski definition) is 3. The van der Waals surface area contributed by atoms with Crippen molar-refractivity contribution in [3.63, 3.8) is 0 Å². The van der Waals surface area contributed by atoms with Gasteiger partial charge in [0.2, 0.25) is 0 Å². The maximum absolute atomic E-state index is 5.44. The van der Waals surface area contributed by atoms with E-state index >= 15 is 0 Å². The fourth-order valence-electron chi connectivity index (χ4n) is 2.44. The van der Waals surface area contributed by atoms with Crippen molar-refractivity contribution in [2.24, 2.45) is 5.92 Å². The molecule has 0 radical (unpaired) electrons. The molecule has 0 spiro atoms. The lowest BCUT2D eigenvalue weighted by atomic mass is 9.99. The standard InChI is InChI=1S/C15H23NO2/c1-12-6-8-16(9-7-12)11-13-4-5-14(17-2)10-15(13)18-3/h4-5,10,12H,6-9,11H2,1-3H3. The van der Waals surface area contributed by atoms with Crippen molar-refractivity contribution in [2.45, 2.75) is 26.3 Å². The molecule has 1 fully saturated rings. The Bertz CT molecular complexity index is 384. The largest absolute Gasteiger partial charge is 0.497 e. The molecule has 1 aromatic rings. The van der Waals surface area contributed by atoms with E-state index in [-0.39, 0.29) is 0 Å². The molecule has 0 N–H and O–H groups in total. The summed E-state index contributed by atoms with van der Waals surface area (Å²) in [5.74, 6) is 2.65. The van der Waals surface area contributed by atoms with Crippen LogP contribution in [-0.2, 0) is 6.54 Å². The van der Waals surface area contributed by atoms with Gasteiger partial charge in [0.1, 0.15) is 11.5 Å². The third kappa shape index (κ3) is 3.16. The second-order valence-corrected chi connectivity index (χ2v) is 5.14. The van der Waals surface area contributed by atoms with Crippen LogP contribution in [0.15, 0.2) is 18.2 Å². The summed E-state index contributed by atoms with van der Waals surface area (Å²) in [6.07, 6.45) is 2.61. The first-order valence-electron chi connectivity index (χ1n) is 6.66. The maximum Gasteiger partial charge on any atom is 0.127 e. The monoisotopic (exact) mass is 249 g/mol. The van der Waals surface area contributed by atoms with Gasteiger partial charge in [-0.05, 0) is 37.9 Å². The molecule has 18 heavy (non-hydrogen) atoms. The van der Waals surface area contributed by atoms with Gasteiger partial charge in [0, 0.05) is 18.2 Å². The van der Waals surface area contributed by atoms with Crippen molar-refractivity contribution >= 4 is 0 Å². The van der Waals surface area contributed by atoms with Gasteiger partial charge in [-0.2, -0.15) is 0 Å². The van der Waals surface area contributed by atoms with Crippen molar-refractivity contribution in [2.75, 3.05) is 27.3 Å². The molecule has 1 saturated heterocycles. The Morgan fingerprint density at radius 3 is 2.50 bits per heavy atom. The maximum atomic E-state index is 5.44. The highest BCUT2D eigenvalue weighted by molar-refractivity contribution is 5.40. The van der Waals surface area contributed by atoms with Gasteiger partial charge in [0.05, 0.1) is 14.2 Å². The van der Waals surface area contributed by atoms with E-state index in [1.54, 1.807) is 14.2 Å². The van der Waals surface area contributed by atoms with Gasteiger partial charge in [0.15, 0.2) is 0 Å². The number of rotatable bonds is 4. The zero-order valence-corrected chi connectivity index (χ0v) is 11.6. The van der Waals surface area contributed by atoms with Crippen molar-refractivity contribution < 1.29 is 9.47 Å². The summed E-state index contributed by atoms with van der Waals surface area (Å²) in [7, 11) is 3.40. The van der Waals surface area contributed by atoms with E-state index in [0.717, 1.165) is 24.0 Å². The van der Waals surface area contributed by atoms with Gasteiger partial charge in [0.25, 0.3) is 0 Å². The lowest BCUT2D eigenvalue weighted by Crippen LogP contribution is -2.32. The third-order valence-electron chi connectivity index (χ3n) is 3.76. The summed E-state index contributed by atoms with van der Waals surface area (Å²) in [6.45, 7) is 5.69. The Labute approximate surface area is 110 Å². The lowest BCUT2D eigenvalue weighted by Gasteiger charge is -2.30. The van der Waals surface area contributed by atoms with Crippen LogP contribution in [0.5, 0.6) is 11.5 Å². The molecule has 1 heterocycles. The number of benzene rings is 1. The van der Waals surface area contributed by atoms with Gasteiger partial charge in [-0.1, -0.05) is 13.0 Å². The number of hydrogen-bond donors (Lipinski definition) is 0.